The Morgan fingerprint density at radius 2 is 2.00 bits per heavy atom. The Morgan fingerprint density at radius 3 is 2.81 bits per heavy atom. The molecular weight excluding hydrogens is 426 g/mol. The zero-order valence-electron chi connectivity index (χ0n) is 17.7. The van der Waals surface area contributed by atoms with Crippen molar-refractivity contribution in [2.24, 2.45) is 0 Å². The number of amides is 1. The van der Waals surface area contributed by atoms with Gasteiger partial charge in [-0.15, -0.1) is 0 Å². The molecule has 3 heterocycles. The predicted molar refractivity (Wildman–Crippen MR) is 125 cm³/mol. The lowest BCUT2D eigenvalue weighted by molar-refractivity contribution is 0.0950. The summed E-state index contributed by atoms with van der Waals surface area (Å²) in [5, 5.41) is 4.48. The number of carbonyl (C=O) groups excluding carboxylic acids is 1. The lowest BCUT2D eigenvalue weighted by Crippen LogP contribution is -2.24. The van der Waals surface area contributed by atoms with E-state index in [2.05, 4.69) is 20.3 Å². The maximum absolute atomic E-state index is 12.8. The van der Waals surface area contributed by atoms with E-state index in [1.54, 1.807) is 37.7 Å². The van der Waals surface area contributed by atoms with Gasteiger partial charge in [0.25, 0.3) is 5.91 Å². The minimum absolute atomic E-state index is 0.207. The number of rotatable bonds is 6. The average Bonchev–Trinajstić information content (AvgIpc) is 2.77. The van der Waals surface area contributed by atoms with Crippen molar-refractivity contribution in [1.82, 2.24) is 20.3 Å². The van der Waals surface area contributed by atoms with E-state index in [0.717, 1.165) is 27.7 Å². The Bertz CT molecular complexity index is 1310. The average molecular weight is 448 g/mol. The van der Waals surface area contributed by atoms with E-state index >= 15 is 0 Å². The van der Waals surface area contributed by atoms with E-state index < -0.39 is 0 Å². The number of methoxy groups -OCH3 is 1. The number of benzene rings is 1. The Kier molecular flexibility index (Phi) is 6.18. The van der Waals surface area contributed by atoms with Crippen molar-refractivity contribution in [2.75, 3.05) is 12.8 Å². The second-order valence-corrected chi connectivity index (χ2v) is 7.83. The fourth-order valence-electron chi connectivity index (χ4n) is 3.55. The summed E-state index contributed by atoms with van der Waals surface area (Å²) in [7, 11) is 1.56. The Morgan fingerprint density at radius 1 is 1.16 bits per heavy atom. The molecule has 0 unspecified atom stereocenters. The van der Waals surface area contributed by atoms with Crippen molar-refractivity contribution < 1.29 is 9.53 Å². The second-order valence-electron chi connectivity index (χ2n) is 7.39. The molecule has 0 fully saturated rings. The van der Waals surface area contributed by atoms with Crippen LogP contribution in [0.25, 0.3) is 10.9 Å². The third-order valence-electron chi connectivity index (χ3n) is 5.13. The van der Waals surface area contributed by atoms with E-state index in [-0.39, 0.29) is 12.5 Å². The summed E-state index contributed by atoms with van der Waals surface area (Å²) in [6.45, 7) is 2.11. The summed E-state index contributed by atoms with van der Waals surface area (Å²) < 4.78 is 5.37. The highest BCUT2D eigenvalue weighted by Crippen LogP contribution is 2.23. The summed E-state index contributed by atoms with van der Waals surface area (Å²) in [6.07, 6.45) is 3.85. The van der Waals surface area contributed by atoms with Crippen molar-refractivity contribution in [3.8, 4) is 5.75 Å². The molecule has 0 aliphatic heterocycles. The first kappa shape index (κ1) is 21.5. The monoisotopic (exact) mass is 447 g/mol. The van der Waals surface area contributed by atoms with Crippen LogP contribution < -0.4 is 15.8 Å². The highest BCUT2D eigenvalue weighted by atomic mass is 35.5. The van der Waals surface area contributed by atoms with Gasteiger partial charge in [0.15, 0.2) is 0 Å². The van der Waals surface area contributed by atoms with Gasteiger partial charge in [-0.05, 0) is 42.8 Å². The third-order valence-corrected chi connectivity index (χ3v) is 5.34. The first-order chi connectivity index (χ1) is 15.4. The van der Waals surface area contributed by atoms with Crippen molar-refractivity contribution in [1.29, 1.82) is 0 Å². The van der Waals surface area contributed by atoms with Gasteiger partial charge in [0.1, 0.15) is 11.6 Å². The molecule has 4 rings (SSSR count). The van der Waals surface area contributed by atoms with Crippen LogP contribution in [0.3, 0.4) is 0 Å². The molecule has 162 valence electrons. The quantitative estimate of drug-likeness (QED) is 0.461. The Hall–Kier alpha value is -3.71. The highest BCUT2D eigenvalue weighted by molar-refractivity contribution is 6.31. The number of nitrogen functional groups attached to an aromatic ring is 1. The van der Waals surface area contributed by atoms with Gasteiger partial charge in [-0.1, -0.05) is 17.7 Å². The number of hydrogen-bond donors (Lipinski definition) is 2. The maximum Gasteiger partial charge on any atom is 0.251 e. The molecule has 7 nitrogen and oxygen atoms in total. The number of halogens is 1. The number of ether oxygens (including phenoxy) is 1. The molecule has 0 bridgehead atoms. The van der Waals surface area contributed by atoms with Gasteiger partial charge in [0.2, 0.25) is 0 Å². The SMILES string of the molecule is COc1cc(N)nc(C)c1CNC(=O)c1ccnc(Cc2ccc3ncc(Cl)cc3c2)c1. The molecule has 4 aromatic rings. The molecule has 3 aromatic heterocycles. The predicted octanol–water partition coefficient (Wildman–Crippen LogP) is 4.10. The number of aromatic nitrogens is 3. The van der Waals surface area contributed by atoms with E-state index in [1.807, 2.05) is 31.2 Å². The highest BCUT2D eigenvalue weighted by Gasteiger charge is 2.13. The molecule has 0 aliphatic carbocycles. The first-order valence-electron chi connectivity index (χ1n) is 10.00. The number of pyridine rings is 3. The van der Waals surface area contributed by atoms with Gasteiger partial charge in [0, 0.05) is 59.3 Å². The van der Waals surface area contributed by atoms with Gasteiger partial charge in [-0.25, -0.2) is 4.98 Å². The summed E-state index contributed by atoms with van der Waals surface area (Å²) in [4.78, 5) is 25.7. The zero-order valence-corrected chi connectivity index (χ0v) is 18.5. The van der Waals surface area contributed by atoms with Crippen molar-refractivity contribution in [3.05, 3.63) is 88.0 Å². The summed E-state index contributed by atoms with van der Waals surface area (Å²) in [5.41, 5.74) is 10.5. The van der Waals surface area contributed by atoms with E-state index in [1.165, 1.54) is 0 Å². The Labute approximate surface area is 190 Å². The Balaban J connectivity index is 1.49. The van der Waals surface area contributed by atoms with Crippen LogP contribution in [0.2, 0.25) is 5.02 Å². The number of nitrogens with two attached hydrogens (primary N) is 1. The zero-order chi connectivity index (χ0) is 22.7. The molecule has 0 radical (unpaired) electrons. The van der Waals surface area contributed by atoms with Crippen LogP contribution in [-0.4, -0.2) is 28.0 Å². The lowest BCUT2D eigenvalue weighted by Gasteiger charge is -2.13. The van der Waals surface area contributed by atoms with Crippen molar-refractivity contribution in [2.45, 2.75) is 19.9 Å². The van der Waals surface area contributed by atoms with Crippen LogP contribution in [0.1, 0.15) is 32.9 Å². The number of nitrogens with one attached hydrogen (secondary N) is 1. The molecular formula is C24H22ClN5O2. The number of aryl methyl sites for hydroxylation is 1. The van der Waals surface area contributed by atoms with Gasteiger partial charge < -0.3 is 15.8 Å². The number of anilines is 1. The molecule has 1 amide bonds. The van der Waals surface area contributed by atoms with E-state index in [4.69, 9.17) is 22.1 Å². The summed E-state index contributed by atoms with van der Waals surface area (Å²) >= 11 is 6.06. The standard InChI is InChI=1S/C24H22ClN5O2/c1-14-20(22(32-2)11-23(26)30-14)13-29-24(31)16-5-6-27-19(10-16)8-15-3-4-21-17(7-15)9-18(25)12-28-21/h3-7,9-12H,8,13H2,1-2H3,(H2,26,30)(H,29,31). The van der Waals surface area contributed by atoms with Gasteiger partial charge in [0.05, 0.1) is 17.6 Å². The van der Waals surface area contributed by atoms with Crippen LogP contribution >= 0.6 is 11.6 Å². The van der Waals surface area contributed by atoms with Crippen LogP contribution in [0, 0.1) is 6.92 Å². The normalized spacial score (nSPS) is 10.8. The molecule has 32 heavy (non-hydrogen) atoms. The van der Waals surface area contributed by atoms with E-state index in [0.29, 0.717) is 34.3 Å². The molecule has 0 saturated heterocycles. The van der Waals surface area contributed by atoms with Crippen LogP contribution in [0.5, 0.6) is 5.75 Å². The topological polar surface area (TPSA) is 103 Å². The van der Waals surface area contributed by atoms with Gasteiger partial charge in [-0.3, -0.25) is 14.8 Å². The smallest absolute Gasteiger partial charge is 0.251 e. The van der Waals surface area contributed by atoms with Crippen LogP contribution in [-0.2, 0) is 13.0 Å². The molecule has 0 spiro atoms. The maximum atomic E-state index is 12.8. The largest absolute Gasteiger partial charge is 0.496 e. The number of carbonyl (C=O) groups is 1. The summed E-state index contributed by atoms with van der Waals surface area (Å²) in [5.74, 6) is 0.762. The molecule has 0 atom stereocenters. The number of fused-ring (bicyclic) bond motifs is 1. The molecule has 1 aromatic carbocycles. The molecule has 0 aliphatic rings. The first-order valence-corrected chi connectivity index (χ1v) is 10.4. The van der Waals surface area contributed by atoms with E-state index in [9.17, 15) is 4.79 Å². The fraction of sp³-hybridized carbons (Fsp3) is 0.167. The fourth-order valence-corrected chi connectivity index (χ4v) is 3.72. The van der Waals surface area contributed by atoms with Crippen molar-refractivity contribution >= 4 is 34.2 Å². The third kappa shape index (κ3) is 4.78. The molecule has 3 N–H and O–H groups in total. The van der Waals surface area contributed by atoms with Gasteiger partial charge in [-0.2, -0.15) is 0 Å². The molecule has 8 heteroatoms. The minimum Gasteiger partial charge on any atom is -0.496 e. The van der Waals surface area contributed by atoms with Crippen LogP contribution in [0.4, 0.5) is 5.82 Å². The van der Waals surface area contributed by atoms with Crippen molar-refractivity contribution in [3.63, 3.8) is 0 Å². The number of nitrogens with zero attached hydrogens (tertiary/aromatic N) is 3. The number of hydrogen-bond acceptors (Lipinski definition) is 6. The van der Waals surface area contributed by atoms with Gasteiger partial charge >= 0.3 is 0 Å². The second kappa shape index (κ2) is 9.20. The summed E-state index contributed by atoms with van der Waals surface area (Å²) in [6, 6.07) is 13.0. The lowest BCUT2D eigenvalue weighted by atomic mass is 10.0. The molecule has 0 saturated carbocycles. The van der Waals surface area contributed by atoms with Crippen LogP contribution in [0.15, 0.2) is 54.9 Å². The minimum atomic E-state index is -0.207.